The molecule has 122 valence electrons. The van der Waals surface area contributed by atoms with Crippen LogP contribution in [0.3, 0.4) is 0 Å². The first-order valence-corrected chi connectivity index (χ1v) is 8.23. The average molecular weight is 359 g/mol. The van der Waals surface area contributed by atoms with Crippen LogP contribution in [0.4, 0.5) is 5.82 Å². The maximum Gasteiger partial charge on any atom is 0.265 e. The smallest absolute Gasteiger partial charge is 0.265 e. The predicted octanol–water partition coefficient (Wildman–Crippen LogP) is 3.07. The van der Waals surface area contributed by atoms with Crippen molar-refractivity contribution in [1.29, 1.82) is 0 Å². The topological polar surface area (TPSA) is 75.4 Å². The van der Waals surface area contributed by atoms with E-state index >= 15 is 0 Å². The van der Waals surface area contributed by atoms with E-state index in [4.69, 9.17) is 16.7 Å². The van der Waals surface area contributed by atoms with E-state index in [0.717, 1.165) is 5.56 Å². The number of carbonyl (C=O) groups excluding carboxylic acids is 2. The van der Waals surface area contributed by atoms with Crippen LogP contribution in [0.25, 0.3) is 6.08 Å². The second kappa shape index (κ2) is 6.58. The number of rotatable bonds is 3. The van der Waals surface area contributed by atoms with E-state index in [1.165, 1.54) is 16.7 Å². The molecular formula is C16H13N3O3S2. The maximum atomic E-state index is 12.1. The van der Waals surface area contributed by atoms with Gasteiger partial charge < -0.3 is 9.84 Å². The van der Waals surface area contributed by atoms with Gasteiger partial charge in [-0.15, -0.1) is 0 Å². The molecule has 0 aliphatic carbocycles. The summed E-state index contributed by atoms with van der Waals surface area (Å²) >= 11 is 6.35. The van der Waals surface area contributed by atoms with Crippen molar-refractivity contribution in [3.63, 3.8) is 0 Å². The van der Waals surface area contributed by atoms with E-state index in [9.17, 15) is 9.59 Å². The summed E-state index contributed by atoms with van der Waals surface area (Å²) in [7, 11) is 1.65. The third-order valence-electron chi connectivity index (χ3n) is 3.33. The van der Waals surface area contributed by atoms with Gasteiger partial charge in [0.1, 0.15) is 10.1 Å². The summed E-state index contributed by atoms with van der Waals surface area (Å²) in [6.45, 7) is 1.75. The minimum absolute atomic E-state index is 0.117. The van der Waals surface area contributed by atoms with Gasteiger partial charge in [-0.3, -0.25) is 14.5 Å². The molecule has 0 bridgehead atoms. The average Bonchev–Trinajstić information content (AvgIpc) is 3.07. The highest BCUT2D eigenvalue weighted by Crippen LogP contribution is 2.31. The minimum atomic E-state index is -0.283. The zero-order chi connectivity index (χ0) is 17.3. The summed E-state index contributed by atoms with van der Waals surface area (Å²) in [5.41, 5.74) is 1.30. The molecule has 0 spiro atoms. The van der Waals surface area contributed by atoms with E-state index in [-0.39, 0.29) is 11.8 Å². The molecule has 1 aromatic carbocycles. The molecular weight excluding hydrogens is 346 g/mol. The lowest BCUT2D eigenvalue weighted by molar-refractivity contribution is -0.121. The molecule has 1 fully saturated rings. The highest BCUT2D eigenvalue weighted by atomic mass is 32.2. The van der Waals surface area contributed by atoms with Gasteiger partial charge >= 0.3 is 0 Å². The number of hydrogen-bond acceptors (Lipinski definition) is 6. The minimum Gasteiger partial charge on any atom is -0.360 e. The second-order valence-corrected chi connectivity index (χ2v) is 6.82. The number of aromatic nitrogens is 1. The van der Waals surface area contributed by atoms with Gasteiger partial charge in [-0.05, 0) is 30.7 Å². The van der Waals surface area contributed by atoms with Crippen LogP contribution in [0.15, 0.2) is 39.8 Å². The molecule has 2 aromatic rings. The van der Waals surface area contributed by atoms with Gasteiger partial charge in [-0.1, -0.05) is 41.3 Å². The second-order valence-electron chi connectivity index (χ2n) is 5.14. The fraction of sp³-hybridized carbons (Fsp3) is 0.125. The molecule has 1 aliphatic rings. The monoisotopic (exact) mass is 359 g/mol. The fourth-order valence-electron chi connectivity index (χ4n) is 2.04. The number of nitrogens with one attached hydrogen (secondary N) is 1. The van der Waals surface area contributed by atoms with Gasteiger partial charge in [0.05, 0.1) is 4.91 Å². The normalized spacial score (nSPS) is 16.1. The van der Waals surface area contributed by atoms with Crippen LogP contribution in [0.2, 0.25) is 0 Å². The standard InChI is InChI=1S/C16H13N3O3S2/c1-9-7-13(18-22-9)17-14(20)11-5-3-10(4-6-11)8-12-15(21)19(2)16(23)24-12/h3-8H,1-2H3,(H,17,18,20)/b12-8+. The summed E-state index contributed by atoms with van der Waals surface area (Å²) in [5, 5.41) is 6.37. The molecule has 0 saturated carbocycles. The van der Waals surface area contributed by atoms with Crippen molar-refractivity contribution >= 4 is 52.0 Å². The van der Waals surface area contributed by atoms with Crippen molar-refractivity contribution in [2.24, 2.45) is 0 Å². The van der Waals surface area contributed by atoms with Crippen molar-refractivity contribution < 1.29 is 14.1 Å². The van der Waals surface area contributed by atoms with Crippen molar-refractivity contribution in [3.05, 3.63) is 52.1 Å². The molecule has 8 heteroatoms. The van der Waals surface area contributed by atoms with E-state index in [1.807, 2.05) is 0 Å². The number of anilines is 1. The van der Waals surface area contributed by atoms with Crippen LogP contribution in [-0.2, 0) is 4.79 Å². The molecule has 2 amide bonds. The zero-order valence-corrected chi connectivity index (χ0v) is 14.5. The Kier molecular flexibility index (Phi) is 4.50. The number of likely N-dealkylation sites (N-methyl/N-ethyl adjacent to an activating group) is 1. The summed E-state index contributed by atoms with van der Waals surface area (Å²) in [6.07, 6.45) is 1.76. The number of benzene rings is 1. The Balaban J connectivity index is 1.73. The number of nitrogens with zero attached hydrogens (tertiary/aromatic N) is 2. The van der Waals surface area contributed by atoms with Gasteiger partial charge in [-0.25, -0.2) is 0 Å². The van der Waals surface area contributed by atoms with E-state index in [1.54, 1.807) is 50.4 Å². The van der Waals surface area contributed by atoms with Crippen LogP contribution >= 0.6 is 24.0 Å². The molecule has 0 unspecified atom stereocenters. The van der Waals surface area contributed by atoms with E-state index < -0.39 is 0 Å². The van der Waals surface area contributed by atoms with Gasteiger partial charge in [0.15, 0.2) is 5.82 Å². The number of hydrogen-bond donors (Lipinski definition) is 1. The lowest BCUT2D eigenvalue weighted by Gasteiger charge is -2.04. The molecule has 1 aliphatic heterocycles. The number of thiocarbonyl (C=S) groups is 1. The third-order valence-corrected chi connectivity index (χ3v) is 4.81. The highest BCUT2D eigenvalue weighted by Gasteiger charge is 2.28. The Morgan fingerprint density at radius 3 is 2.62 bits per heavy atom. The quantitative estimate of drug-likeness (QED) is 0.670. The molecule has 6 nitrogen and oxygen atoms in total. The Bertz CT molecular complexity index is 856. The number of amides is 2. The summed E-state index contributed by atoms with van der Waals surface area (Å²) in [6, 6.07) is 8.54. The summed E-state index contributed by atoms with van der Waals surface area (Å²) in [4.78, 5) is 26.1. The molecule has 1 saturated heterocycles. The zero-order valence-electron chi connectivity index (χ0n) is 12.9. The Morgan fingerprint density at radius 1 is 1.38 bits per heavy atom. The molecule has 3 rings (SSSR count). The summed E-state index contributed by atoms with van der Waals surface area (Å²) < 4.78 is 5.43. The van der Waals surface area contributed by atoms with E-state index in [2.05, 4.69) is 10.5 Å². The fourth-order valence-corrected chi connectivity index (χ4v) is 3.22. The number of carbonyl (C=O) groups is 2. The Hall–Kier alpha value is -2.45. The molecule has 0 radical (unpaired) electrons. The molecule has 1 N–H and O–H groups in total. The van der Waals surface area contributed by atoms with Gasteiger partial charge in [0.25, 0.3) is 11.8 Å². The predicted molar refractivity (Wildman–Crippen MR) is 96.6 cm³/mol. The van der Waals surface area contributed by atoms with Crippen molar-refractivity contribution in [3.8, 4) is 0 Å². The van der Waals surface area contributed by atoms with Gasteiger partial charge in [0, 0.05) is 18.7 Å². The number of thioether (sulfide) groups is 1. The Labute approximate surface area is 147 Å². The highest BCUT2D eigenvalue weighted by molar-refractivity contribution is 8.26. The first-order chi connectivity index (χ1) is 11.4. The molecule has 0 atom stereocenters. The van der Waals surface area contributed by atoms with Gasteiger partial charge in [0.2, 0.25) is 0 Å². The molecule has 1 aromatic heterocycles. The van der Waals surface area contributed by atoms with Crippen molar-refractivity contribution in [2.75, 3.05) is 12.4 Å². The first-order valence-electron chi connectivity index (χ1n) is 7.00. The molecule has 24 heavy (non-hydrogen) atoms. The number of aryl methyl sites for hydroxylation is 1. The van der Waals surface area contributed by atoms with Crippen LogP contribution in [0, 0.1) is 6.92 Å². The van der Waals surface area contributed by atoms with Crippen LogP contribution in [0.5, 0.6) is 0 Å². The Morgan fingerprint density at radius 2 is 2.08 bits per heavy atom. The lowest BCUT2D eigenvalue weighted by Crippen LogP contribution is -2.22. The van der Waals surface area contributed by atoms with Crippen LogP contribution in [-0.4, -0.2) is 33.2 Å². The molecule has 2 heterocycles. The first kappa shape index (κ1) is 16.4. The SMILES string of the molecule is Cc1cc(NC(=O)c2ccc(/C=C3/SC(=S)N(C)C3=O)cc2)no1. The van der Waals surface area contributed by atoms with Crippen LogP contribution in [0.1, 0.15) is 21.7 Å². The van der Waals surface area contributed by atoms with Gasteiger partial charge in [-0.2, -0.15) is 0 Å². The van der Waals surface area contributed by atoms with E-state index in [0.29, 0.717) is 26.4 Å². The van der Waals surface area contributed by atoms with Crippen LogP contribution < -0.4 is 5.32 Å². The maximum absolute atomic E-state index is 12.1. The summed E-state index contributed by atoms with van der Waals surface area (Å²) in [5.74, 6) is 0.588. The largest absolute Gasteiger partial charge is 0.360 e. The van der Waals surface area contributed by atoms with Crippen molar-refractivity contribution in [1.82, 2.24) is 10.1 Å². The lowest BCUT2D eigenvalue weighted by atomic mass is 10.1. The van der Waals surface area contributed by atoms with Crippen molar-refractivity contribution in [2.45, 2.75) is 6.92 Å². The third kappa shape index (κ3) is 3.39.